The van der Waals surface area contributed by atoms with Crippen molar-refractivity contribution in [3.05, 3.63) is 28.5 Å². The lowest BCUT2D eigenvalue weighted by atomic mass is 10.1. The number of sulfonamides is 1. The second kappa shape index (κ2) is 7.57. The van der Waals surface area contributed by atoms with E-state index in [1.807, 2.05) is 0 Å². The van der Waals surface area contributed by atoms with Gasteiger partial charge in [0.2, 0.25) is 10.0 Å². The van der Waals surface area contributed by atoms with Crippen LogP contribution in [-0.4, -0.2) is 46.3 Å². The Kier molecular flexibility index (Phi) is 5.96. The van der Waals surface area contributed by atoms with Crippen LogP contribution in [0.1, 0.15) is 23.2 Å². The SMILES string of the molecule is COc1cc(Cl)c(F)c(C(=O)CNS(=O)(=O)C2CCOCC2)c1. The van der Waals surface area contributed by atoms with E-state index in [9.17, 15) is 17.6 Å². The number of hydrogen-bond acceptors (Lipinski definition) is 5. The second-order valence-corrected chi connectivity index (χ2v) is 7.52. The van der Waals surface area contributed by atoms with E-state index >= 15 is 0 Å². The maximum atomic E-state index is 13.9. The first-order chi connectivity index (χ1) is 10.8. The molecule has 0 radical (unpaired) electrons. The number of ketones is 1. The lowest BCUT2D eigenvalue weighted by molar-refractivity contribution is 0.0974. The Hall–Kier alpha value is -1.22. The molecule has 0 atom stereocenters. The molecule has 1 aromatic carbocycles. The van der Waals surface area contributed by atoms with E-state index in [1.54, 1.807) is 0 Å². The van der Waals surface area contributed by atoms with Gasteiger partial charge in [-0.05, 0) is 18.9 Å². The molecule has 1 heterocycles. The van der Waals surface area contributed by atoms with E-state index in [0.29, 0.717) is 26.1 Å². The number of benzene rings is 1. The molecule has 1 aromatic rings. The van der Waals surface area contributed by atoms with E-state index in [1.165, 1.54) is 19.2 Å². The number of carbonyl (C=O) groups is 1. The van der Waals surface area contributed by atoms with Gasteiger partial charge in [-0.25, -0.2) is 17.5 Å². The zero-order valence-electron chi connectivity index (χ0n) is 12.5. The van der Waals surface area contributed by atoms with Crippen LogP contribution in [-0.2, 0) is 14.8 Å². The van der Waals surface area contributed by atoms with Gasteiger partial charge in [0, 0.05) is 19.3 Å². The minimum atomic E-state index is -3.66. The molecule has 0 amide bonds. The predicted octanol–water partition coefficient (Wildman–Crippen LogP) is 1.77. The smallest absolute Gasteiger partial charge is 0.215 e. The van der Waals surface area contributed by atoms with Crippen LogP contribution >= 0.6 is 11.6 Å². The molecule has 9 heteroatoms. The number of methoxy groups -OCH3 is 1. The van der Waals surface area contributed by atoms with E-state index in [2.05, 4.69) is 4.72 Å². The molecular weight excluding hydrogens is 349 g/mol. The molecule has 0 aromatic heterocycles. The maximum Gasteiger partial charge on any atom is 0.215 e. The molecule has 1 N–H and O–H groups in total. The van der Waals surface area contributed by atoms with Gasteiger partial charge in [-0.15, -0.1) is 0 Å². The van der Waals surface area contributed by atoms with Crippen LogP contribution in [0.15, 0.2) is 12.1 Å². The van der Waals surface area contributed by atoms with Crippen molar-refractivity contribution < 1.29 is 27.1 Å². The van der Waals surface area contributed by atoms with Crippen molar-refractivity contribution in [2.24, 2.45) is 0 Å². The molecule has 0 bridgehead atoms. The molecule has 1 fully saturated rings. The largest absolute Gasteiger partial charge is 0.497 e. The topological polar surface area (TPSA) is 81.7 Å². The highest BCUT2D eigenvalue weighted by Crippen LogP contribution is 2.25. The van der Waals surface area contributed by atoms with Gasteiger partial charge in [0.15, 0.2) is 11.6 Å². The quantitative estimate of drug-likeness (QED) is 0.777. The van der Waals surface area contributed by atoms with Crippen molar-refractivity contribution in [1.29, 1.82) is 0 Å². The molecule has 23 heavy (non-hydrogen) atoms. The van der Waals surface area contributed by atoms with Crippen molar-refractivity contribution in [1.82, 2.24) is 4.72 Å². The molecule has 6 nitrogen and oxygen atoms in total. The highest BCUT2D eigenvalue weighted by atomic mass is 35.5. The van der Waals surface area contributed by atoms with Crippen LogP contribution in [0.5, 0.6) is 5.75 Å². The molecule has 1 aliphatic heterocycles. The van der Waals surface area contributed by atoms with Crippen LogP contribution in [0.2, 0.25) is 5.02 Å². The van der Waals surface area contributed by atoms with Crippen LogP contribution < -0.4 is 9.46 Å². The third kappa shape index (κ3) is 4.41. The number of halogens is 2. The molecule has 1 aliphatic rings. The Morgan fingerprint density at radius 2 is 2.09 bits per heavy atom. The molecule has 0 unspecified atom stereocenters. The number of rotatable bonds is 6. The number of hydrogen-bond donors (Lipinski definition) is 1. The number of ether oxygens (including phenoxy) is 2. The van der Waals surface area contributed by atoms with Crippen molar-refractivity contribution in [3.63, 3.8) is 0 Å². The van der Waals surface area contributed by atoms with Gasteiger partial charge >= 0.3 is 0 Å². The lowest BCUT2D eigenvalue weighted by Crippen LogP contribution is -2.40. The zero-order chi connectivity index (χ0) is 17.0. The van der Waals surface area contributed by atoms with Crippen molar-refractivity contribution >= 4 is 27.4 Å². The van der Waals surface area contributed by atoms with Gasteiger partial charge < -0.3 is 9.47 Å². The van der Waals surface area contributed by atoms with E-state index in [-0.39, 0.29) is 16.3 Å². The summed E-state index contributed by atoms with van der Waals surface area (Å²) in [6.45, 7) is 0.180. The fraction of sp³-hybridized carbons (Fsp3) is 0.500. The standard InChI is InChI=1S/C14H17ClFNO5S/c1-21-9-6-11(14(16)12(15)7-9)13(18)8-17-23(19,20)10-2-4-22-5-3-10/h6-7,10,17H,2-5,8H2,1H3. The summed E-state index contributed by atoms with van der Waals surface area (Å²) in [6, 6.07) is 2.42. The molecule has 0 saturated carbocycles. The van der Waals surface area contributed by atoms with Crippen LogP contribution in [0.4, 0.5) is 4.39 Å². The number of Topliss-reactive ketones (excluding diaryl/α,β-unsaturated/α-hetero) is 1. The average Bonchev–Trinajstić information content (AvgIpc) is 2.56. The summed E-state index contributed by atoms with van der Waals surface area (Å²) in [5, 5.41) is -0.872. The summed E-state index contributed by atoms with van der Waals surface area (Å²) in [7, 11) is -2.31. The first-order valence-electron chi connectivity index (χ1n) is 6.97. The van der Waals surface area contributed by atoms with E-state index in [0.717, 1.165) is 0 Å². The molecule has 128 valence electrons. The van der Waals surface area contributed by atoms with Gasteiger partial charge in [-0.1, -0.05) is 11.6 Å². The van der Waals surface area contributed by atoms with Crippen LogP contribution in [0.3, 0.4) is 0 Å². The molecule has 0 aliphatic carbocycles. The third-order valence-electron chi connectivity index (χ3n) is 3.58. The van der Waals surface area contributed by atoms with Gasteiger partial charge in [-0.2, -0.15) is 0 Å². The van der Waals surface area contributed by atoms with Crippen molar-refractivity contribution in [2.75, 3.05) is 26.9 Å². The van der Waals surface area contributed by atoms with E-state index < -0.39 is 33.4 Å². The highest BCUT2D eigenvalue weighted by molar-refractivity contribution is 7.90. The predicted molar refractivity (Wildman–Crippen MR) is 83.1 cm³/mol. The van der Waals surface area contributed by atoms with Crippen LogP contribution in [0, 0.1) is 5.82 Å². The summed E-state index contributed by atoms with van der Waals surface area (Å²) in [6.07, 6.45) is 0.728. The van der Waals surface area contributed by atoms with E-state index in [4.69, 9.17) is 21.1 Å². The fourth-order valence-electron chi connectivity index (χ4n) is 2.25. The van der Waals surface area contributed by atoms with Gasteiger partial charge in [0.1, 0.15) is 5.75 Å². The molecule has 0 spiro atoms. The monoisotopic (exact) mass is 365 g/mol. The maximum absolute atomic E-state index is 13.9. The summed E-state index contributed by atoms with van der Waals surface area (Å²) in [5.74, 6) is -1.41. The first kappa shape index (κ1) is 18.1. The number of nitrogens with one attached hydrogen (secondary N) is 1. The Bertz CT molecular complexity index is 689. The molecule has 1 saturated heterocycles. The Labute approximate surface area is 139 Å². The Morgan fingerprint density at radius 3 is 2.70 bits per heavy atom. The van der Waals surface area contributed by atoms with Gasteiger partial charge in [0.05, 0.1) is 29.5 Å². The fourth-order valence-corrected chi connectivity index (χ4v) is 3.84. The normalized spacial score (nSPS) is 16.3. The number of carbonyl (C=O) groups excluding carboxylic acids is 1. The Balaban J connectivity index is 2.09. The lowest BCUT2D eigenvalue weighted by Gasteiger charge is -2.22. The summed E-state index contributed by atoms with van der Waals surface area (Å²) >= 11 is 5.69. The summed E-state index contributed by atoms with van der Waals surface area (Å²) in [5.41, 5.74) is -0.316. The van der Waals surface area contributed by atoms with Crippen molar-refractivity contribution in [2.45, 2.75) is 18.1 Å². The first-order valence-corrected chi connectivity index (χ1v) is 8.90. The average molecular weight is 366 g/mol. The summed E-state index contributed by atoms with van der Waals surface area (Å²) in [4.78, 5) is 12.1. The molecular formula is C14H17ClFNO5S. The minimum Gasteiger partial charge on any atom is -0.497 e. The van der Waals surface area contributed by atoms with Gasteiger partial charge in [-0.3, -0.25) is 4.79 Å². The zero-order valence-corrected chi connectivity index (χ0v) is 14.0. The highest BCUT2D eigenvalue weighted by Gasteiger charge is 2.28. The van der Waals surface area contributed by atoms with Crippen LogP contribution in [0.25, 0.3) is 0 Å². The van der Waals surface area contributed by atoms with Gasteiger partial charge in [0.25, 0.3) is 0 Å². The second-order valence-electron chi connectivity index (χ2n) is 5.07. The Morgan fingerprint density at radius 1 is 1.43 bits per heavy atom. The molecule has 2 rings (SSSR count). The third-order valence-corrected chi connectivity index (χ3v) is 5.75. The van der Waals surface area contributed by atoms with Crippen molar-refractivity contribution in [3.8, 4) is 5.75 Å². The summed E-state index contributed by atoms with van der Waals surface area (Å²) < 4.78 is 50.5. The minimum absolute atomic E-state index is 0.215.